The molecule has 0 unspecified atom stereocenters. The van der Waals surface area contributed by atoms with E-state index < -0.39 is 8.32 Å². The molecule has 2 amide bonds. The van der Waals surface area contributed by atoms with Crippen LogP contribution in [0.2, 0.25) is 18.1 Å². The Morgan fingerprint density at radius 1 is 0.920 bits per heavy atom. The van der Waals surface area contributed by atoms with Crippen molar-refractivity contribution in [1.82, 2.24) is 10.6 Å². The Morgan fingerprint density at radius 2 is 1.62 bits per heavy atom. The fraction of sp³-hybridized carbons (Fsp3) is 0.300. The van der Waals surface area contributed by atoms with Crippen molar-refractivity contribution in [3.63, 3.8) is 0 Å². The standard InChI is InChI=1S/C40H42FIN2O5Si/c1-39(2,3)50(5,6)48-22-21-47-33-17-14-27(37(45)44-40(19-20-40)31-9-7-8-10-32(31)42)24-29(33)26-13-18-34-30(23-26)35(38(46)43-4)36(49-34)25-11-15-28(41)16-12-25/h7-18,23-24H,19-22H2,1-6H3,(H,43,46)(H,44,45). The van der Waals surface area contributed by atoms with E-state index in [-0.39, 0.29) is 28.2 Å². The van der Waals surface area contributed by atoms with Crippen molar-refractivity contribution in [1.29, 1.82) is 0 Å². The van der Waals surface area contributed by atoms with Gasteiger partial charge in [-0.05, 0) is 125 Å². The molecule has 0 aliphatic heterocycles. The van der Waals surface area contributed by atoms with Gasteiger partial charge < -0.3 is 24.2 Å². The van der Waals surface area contributed by atoms with Gasteiger partial charge in [-0.2, -0.15) is 0 Å². The summed E-state index contributed by atoms with van der Waals surface area (Å²) in [5.41, 5.74) is 4.07. The zero-order valence-electron chi connectivity index (χ0n) is 29.2. The number of rotatable bonds is 11. The Morgan fingerprint density at radius 3 is 2.28 bits per heavy atom. The van der Waals surface area contributed by atoms with Gasteiger partial charge in [-0.1, -0.05) is 45.0 Å². The van der Waals surface area contributed by atoms with Gasteiger partial charge >= 0.3 is 0 Å². The summed E-state index contributed by atoms with van der Waals surface area (Å²) < 4.78 is 33.8. The molecule has 1 aromatic heterocycles. The predicted octanol–water partition coefficient (Wildman–Crippen LogP) is 9.69. The van der Waals surface area contributed by atoms with Crippen LogP contribution in [0, 0.1) is 9.39 Å². The first kappa shape index (κ1) is 35.8. The Kier molecular flexibility index (Phi) is 10.00. The van der Waals surface area contributed by atoms with E-state index in [2.05, 4.69) is 79.2 Å². The van der Waals surface area contributed by atoms with E-state index in [0.29, 0.717) is 57.9 Å². The summed E-state index contributed by atoms with van der Waals surface area (Å²) in [5.74, 6) is 0.0328. The molecule has 1 saturated carbocycles. The van der Waals surface area contributed by atoms with Crippen molar-refractivity contribution < 1.29 is 27.6 Å². The third-order valence-electron chi connectivity index (χ3n) is 9.90. The summed E-state index contributed by atoms with van der Waals surface area (Å²) in [7, 11) is -0.418. The molecule has 1 fully saturated rings. The second-order valence-electron chi connectivity index (χ2n) is 14.3. The number of hydrogen-bond acceptors (Lipinski definition) is 5. The summed E-state index contributed by atoms with van der Waals surface area (Å²) in [6.07, 6.45) is 1.74. The van der Waals surface area contributed by atoms with Crippen molar-refractivity contribution >= 4 is 53.7 Å². The lowest BCUT2D eigenvalue weighted by Crippen LogP contribution is -2.41. The van der Waals surface area contributed by atoms with Gasteiger partial charge in [0.15, 0.2) is 8.32 Å². The summed E-state index contributed by atoms with van der Waals surface area (Å²) in [6.45, 7) is 11.8. The van der Waals surface area contributed by atoms with Gasteiger partial charge in [0.05, 0.1) is 17.7 Å². The number of nitrogens with one attached hydrogen (secondary N) is 2. The predicted molar refractivity (Wildman–Crippen MR) is 207 cm³/mol. The Labute approximate surface area is 307 Å². The molecule has 1 heterocycles. The Hall–Kier alpha value is -4.00. The highest BCUT2D eigenvalue weighted by molar-refractivity contribution is 14.1. The number of fused-ring (bicyclic) bond motifs is 1. The fourth-order valence-corrected chi connectivity index (χ4v) is 7.76. The number of carbonyl (C=O) groups excluding carboxylic acids is 2. The van der Waals surface area contributed by atoms with Crippen LogP contribution in [0.15, 0.2) is 89.3 Å². The molecule has 4 aromatic carbocycles. The number of hydrogen-bond donors (Lipinski definition) is 2. The van der Waals surface area contributed by atoms with Gasteiger partial charge in [-0.25, -0.2) is 4.39 Å². The highest BCUT2D eigenvalue weighted by Gasteiger charge is 2.47. The molecule has 6 rings (SSSR count). The van der Waals surface area contributed by atoms with Crippen molar-refractivity contribution in [2.24, 2.45) is 0 Å². The summed E-state index contributed by atoms with van der Waals surface area (Å²) in [6, 6.07) is 25.0. The van der Waals surface area contributed by atoms with E-state index >= 15 is 0 Å². The van der Waals surface area contributed by atoms with Crippen LogP contribution >= 0.6 is 22.6 Å². The molecular formula is C40H42FIN2O5Si. The quantitative estimate of drug-likeness (QED) is 0.0789. The molecule has 10 heteroatoms. The SMILES string of the molecule is CNC(=O)c1c(-c2ccc(F)cc2)oc2ccc(-c3cc(C(=O)NC4(c5ccccc5I)CC4)ccc3OCCO[Si](C)(C)C(C)(C)C)cc12. The molecule has 1 aliphatic carbocycles. The lowest BCUT2D eigenvalue weighted by Gasteiger charge is -2.36. The molecule has 0 saturated heterocycles. The van der Waals surface area contributed by atoms with E-state index in [1.54, 1.807) is 31.3 Å². The van der Waals surface area contributed by atoms with Crippen LogP contribution in [0.1, 0.15) is 59.9 Å². The smallest absolute Gasteiger partial charge is 0.255 e. The van der Waals surface area contributed by atoms with Crippen LogP contribution in [-0.2, 0) is 9.96 Å². The van der Waals surface area contributed by atoms with Crippen LogP contribution in [0.3, 0.4) is 0 Å². The van der Waals surface area contributed by atoms with E-state index in [4.69, 9.17) is 13.6 Å². The van der Waals surface area contributed by atoms with Crippen LogP contribution in [-0.4, -0.2) is 40.4 Å². The van der Waals surface area contributed by atoms with Crippen molar-refractivity contribution in [2.75, 3.05) is 20.3 Å². The number of benzene rings is 4. The van der Waals surface area contributed by atoms with E-state index in [9.17, 15) is 14.0 Å². The topological polar surface area (TPSA) is 89.8 Å². The number of carbonyl (C=O) groups is 2. The fourth-order valence-electron chi connectivity index (χ4n) is 5.83. The van der Waals surface area contributed by atoms with Gasteiger partial charge in [0.2, 0.25) is 0 Å². The van der Waals surface area contributed by atoms with Gasteiger partial charge in [0.1, 0.15) is 29.5 Å². The maximum Gasteiger partial charge on any atom is 0.255 e. The molecule has 5 aromatic rings. The average molecular weight is 805 g/mol. The van der Waals surface area contributed by atoms with E-state index in [0.717, 1.165) is 27.5 Å². The normalized spacial score (nSPS) is 14.0. The van der Waals surface area contributed by atoms with Gasteiger partial charge in [0.25, 0.3) is 11.8 Å². The third-order valence-corrected chi connectivity index (χ3v) is 15.4. The maximum absolute atomic E-state index is 13.9. The average Bonchev–Trinajstić information content (AvgIpc) is 3.76. The molecule has 260 valence electrons. The molecule has 0 atom stereocenters. The summed E-state index contributed by atoms with van der Waals surface area (Å²) in [5, 5.41) is 6.68. The number of ether oxygens (including phenoxy) is 1. The number of furan rings is 1. The number of halogens is 2. The minimum atomic E-state index is -1.98. The molecular weight excluding hydrogens is 762 g/mol. The van der Waals surface area contributed by atoms with Gasteiger partial charge in [-0.15, -0.1) is 0 Å². The molecule has 7 nitrogen and oxygen atoms in total. The lowest BCUT2D eigenvalue weighted by molar-refractivity contribution is 0.0928. The molecule has 0 bridgehead atoms. The minimum absolute atomic E-state index is 0.0686. The van der Waals surface area contributed by atoms with Crippen LogP contribution in [0.25, 0.3) is 33.4 Å². The molecule has 1 aliphatic rings. The first-order valence-corrected chi connectivity index (χ1v) is 20.7. The van der Waals surface area contributed by atoms with Crippen molar-refractivity contribution in [3.8, 4) is 28.2 Å². The largest absolute Gasteiger partial charge is 0.491 e. The second kappa shape index (κ2) is 14.0. The van der Waals surface area contributed by atoms with Crippen molar-refractivity contribution in [3.05, 3.63) is 111 Å². The highest BCUT2D eigenvalue weighted by Crippen LogP contribution is 2.47. The lowest BCUT2D eigenvalue weighted by atomic mass is 9.97. The van der Waals surface area contributed by atoms with Gasteiger partial charge in [-0.3, -0.25) is 9.59 Å². The monoisotopic (exact) mass is 804 g/mol. The third kappa shape index (κ3) is 7.24. The number of amides is 2. The van der Waals surface area contributed by atoms with E-state index in [1.807, 2.05) is 36.4 Å². The zero-order valence-corrected chi connectivity index (χ0v) is 32.4. The van der Waals surface area contributed by atoms with Crippen LogP contribution in [0.4, 0.5) is 4.39 Å². The Balaban J connectivity index is 1.38. The maximum atomic E-state index is 13.9. The second-order valence-corrected chi connectivity index (χ2v) is 20.3. The Bertz CT molecular complexity index is 2060. The van der Waals surface area contributed by atoms with Crippen LogP contribution in [0.5, 0.6) is 5.75 Å². The highest BCUT2D eigenvalue weighted by atomic mass is 127. The first-order valence-electron chi connectivity index (χ1n) is 16.8. The molecule has 0 spiro atoms. The first-order chi connectivity index (χ1) is 23.7. The molecule has 50 heavy (non-hydrogen) atoms. The molecule has 2 N–H and O–H groups in total. The van der Waals surface area contributed by atoms with Crippen molar-refractivity contribution in [2.45, 2.75) is 57.3 Å². The minimum Gasteiger partial charge on any atom is -0.491 e. The summed E-state index contributed by atoms with van der Waals surface area (Å²) >= 11 is 2.32. The van der Waals surface area contributed by atoms with Crippen LogP contribution < -0.4 is 15.4 Å². The zero-order chi connectivity index (χ0) is 35.8. The van der Waals surface area contributed by atoms with Gasteiger partial charge in [0, 0.05) is 32.7 Å². The van der Waals surface area contributed by atoms with E-state index in [1.165, 1.54) is 12.1 Å². The molecule has 0 radical (unpaired) electrons. The summed E-state index contributed by atoms with van der Waals surface area (Å²) in [4.78, 5) is 27.1.